The molecule has 0 aliphatic rings. The van der Waals surface area contributed by atoms with E-state index < -0.39 is 17.4 Å². The zero-order chi connectivity index (χ0) is 8.36. The van der Waals surface area contributed by atoms with E-state index >= 15 is 0 Å². The van der Waals surface area contributed by atoms with Gasteiger partial charge in [-0.3, -0.25) is 4.79 Å². The summed E-state index contributed by atoms with van der Waals surface area (Å²) in [6.45, 7) is 2.46. The number of carboxylic acid groups (broad SMARTS) is 1. The second-order valence-electron chi connectivity index (χ2n) is 2.40. The Morgan fingerprint density at radius 2 is 1.73 bits per heavy atom. The molecule has 0 N–H and O–H groups in total. The Bertz CT molecular complexity index is 164. The molecule has 0 aromatic heterocycles. The molecule has 4 nitrogen and oxygen atoms in total. The standard InChI is InChI=1S/C6H10O4.Na/c1-6(2,4(7)8)5(9)10-3;/h1-3H3,(H,7,8);/q;+1/p-1. The predicted octanol–water partition coefficient (Wildman–Crippen LogP) is -4.06. The van der Waals surface area contributed by atoms with Crippen LogP contribution in [0.1, 0.15) is 13.8 Å². The molecule has 0 aromatic rings. The summed E-state index contributed by atoms with van der Waals surface area (Å²) in [6, 6.07) is 0. The summed E-state index contributed by atoms with van der Waals surface area (Å²) in [7, 11) is 1.13. The number of ether oxygens (including phenoxy) is 1. The third kappa shape index (κ3) is 3.22. The van der Waals surface area contributed by atoms with Gasteiger partial charge in [0.1, 0.15) is 5.41 Å². The van der Waals surface area contributed by atoms with E-state index in [1.807, 2.05) is 0 Å². The van der Waals surface area contributed by atoms with Gasteiger partial charge in [-0.05, 0) is 13.8 Å². The molecule has 58 valence electrons. The second kappa shape index (κ2) is 4.74. The molecule has 0 heterocycles. The van der Waals surface area contributed by atoms with E-state index in [2.05, 4.69) is 4.74 Å². The van der Waals surface area contributed by atoms with Crippen molar-refractivity contribution in [3.8, 4) is 0 Å². The van der Waals surface area contributed by atoms with Crippen LogP contribution in [0.5, 0.6) is 0 Å². The van der Waals surface area contributed by atoms with Crippen molar-refractivity contribution >= 4 is 11.9 Å². The van der Waals surface area contributed by atoms with Crippen molar-refractivity contribution in [1.82, 2.24) is 0 Å². The third-order valence-electron chi connectivity index (χ3n) is 1.21. The fourth-order valence-corrected chi connectivity index (χ4v) is 0.338. The van der Waals surface area contributed by atoms with Crippen molar-refractivity contribution in [2.75, 3.05) is 7.11 Å². The van der Waals surface area contributed by atoms with Crippen LogP contribution in [-0.2, 0) is 14.3 Å². The summed E-state index contributed by atoms with van der Waals surface area (Å²) >= 11 is 0. The molecule has 5 heteroatoms. The van der Waals surface area contributed by atoms with Gasteiger partial charge in [-0.25, -0.2) is 0 Å². The molecule has 0 atom stereocenters. The summed E-state index contributed by atoms with van der Waals surface area (Å²) in [6.07, 6.45) is 0. The average Bonchev–Trinajstić information content (AvgIpc) is 1.86. The maximum absolute atomic E-state index is 10.6. The van der Waals surface area contributed by atoms with Gasteiger partial charge in [0, 0.05) is 0 Å². The Balaban J connectivity index is 0. The Morgan fingerprint density at radius 1 is 1.36 bits per heavy atom. The molecule has 0 fully saturated rings. The van der Waals surface area contributed by atoms with Gasteiger partial charge in [0.25, 0.3) is 0 Å². The number of carbonyl (C=O) groups is 2. The Labute approximate surface area is 87.2 Å². The first-order valence-electron chi connectivity index (χ1n) is 2.72. The van der Waals surface area contributed by atoms with Crippen molar-refractivity contribution < 1.29 is 49.0 Å². The predicted molar refractivity (Wildman–Crippen MR) is 30.8 cm³/mol. The Morgan fingerprint density at radius 3 is 1.82 bits per heavy atom. The van der Waals surface area contributed by atoms with Gasteiger partial charge in [0.05, 0.1) is 13.1 Å². The molecule has 0 bridgehead atoms. The number of methoxy groups -OCH3 is 1. The van der Waals surface area contributed by atoms with Crippen LogP contribution in [0.3, 0.4) is 0 Å². The molecule has 0 amide bonds. The SMILES string of the molecule is COC(=O)C(C)(C)C(=O)[O-].[Na+]. The van der Waals surface area contributed by atoms with Gasteiger partial charge in [0.2, 0.25) is 0 Å². The van der Waals surface area contributed by atoms with Crippen LogP contribution in [-0.4, -0.2) is 19.0 Å². The van der Waals surface area contributed by atoms with Crippen molar-refractivity contribution in [2.45, 2.75) is 13.8 Å². The summed E-state index contributed by atoms with van der Waals surface area (Å²) in [5, 5.41) is 10.2. The van der Waals surface area contributed by atoms with E-state index in [4.69, 9.17) is 0 Å². The number of esters is 1. The average molecular weight is 168 g/mol. The first kappa shape index (κ1) is 13.5. The Hall–Kier alpha value is -0.0600. The minimum absolute atomic E-state index is 0. The van der Waals surface area contributed by atoms with E-state index in [-0.39, 0.29) is 29.6 Å². The van der Waals surface area contributed by atoms with Crippen LogP contribution >= 0.6 is 0 Å². The minimum Gasteiger partial charge on any atom is -0.549 e. The molecule has 0 aliphatic heterocycles. The van der Waals surface area contributed by atoms with Crippen LogP contribution in [0.4, 0.5) is 0 Å². The first-order valence-corrected chi connectivity index (χ1v) is 2.72. The quantitative estimate of drug-likeness (QED) is 0.239. The van der Waals surface area contributed by atoms with E-state index in [1.54, 1.807) is 0 Å². The molecule has 0 aliphatic carbocycles. The van der Waals surface area contributed by atoms with Gasteiger partial charge in [0.15, 0.2) is 0 Å². The van der Waals surface area contributed by atoms with E-state index in [0.29, 0.717) is 0 Å². The van der Waals surface area contributed by atoms with Crippen LogP contribution in [0.2, 0.25) is 0 Å². The molecule has 0 radical (unpaired) electrons. The topological polar surface area (TPSA) is 66.4 Å². The molecule has 0 rings (SSSR count). The number of hydrogen-bond acceptors (Lipinski definition) is 4. The number of carbonyl (C=O) groups excluding carboxylic acids is 2. The molecular formula is C6H9NaO4. The molecule has 0 unspecified atom stereocenters. The maximum atomic E-state index is 10.6. The van der Waals surface area contributed by atoms with E-state index in [9.17, 15) is 14.7 Å². The fraction of sp³-hybridized carbons (Fsp3) is 0.667. The van der Waals surface area contributed by atoms with Crippen molar-refractivity contribution in [1.29, 1.82) is 0 Å². The zero-order valence-electron chi connectivity index (χ0n) is 7.13. The van der Waals surface area contributed by atoms with Crippen molar-refractivity contribution in [2.24, 2.45) is 5.41 Å². The monoisotopic (exact) mass is 168 g/mol. The normalized spacial score (nSPS) is 9.73. The second-order valence-corrected chi connectivity index (χ2v) is 2.40. The number of carboxylic acids is 1. The van der Waals surface area contributed by atoms with Gasteiger partial charge < -0.3 is 14.6 Å². The van der Waals surface area contributed by atoms with Crippen LogP contribution in [0.15, 0.2) is 0 Å². The Kier molecular flexibility index (Phi) is 5.83. The summed E-state index contributed by atoms with van der Waals surface area (Å²) in [4.78, 5) is 20.8. The maximum Gasteiger partial charge on any atom is 1.00 e. The number of rotatable bonds is 2. The van der Waals surface area contributed by atoms with Gasteiger partial charge >= 0.3 is 35.5 Å². The summed E-state index contributed by atoms with van der Waals surface area (Å²) < 4.78 is 4.22. The molecule has 0 saturated heterocycles. The summed E-state index contributed by atoms with van der Waals surface area (Å²) in [5.41, 5.74) is -1.55. The molecule has 0 aromatic carbocycles. The van der Waals surface area contributed by atoms with Crippen LogP contribution in [0.25, 0.3) is 0 Å². The number of hydrogen-bond donors (Lipinski definition) is 0. The summed E-state index contributed by atoms with van der Waals surface area (Å²) in [5.74, 6) is -2.23. The third-order valence-corrected chi connectivity index (χ3v) is 1.21. The molecular weight excluding hydrogens is 159 g/mol. The molecule has 0 saturated carbocycles. The molecule has 0 spiro atoms. The van der Waals surface area contributed by atoms with Gasteiger partial charge in [-0.1, -0.05) is 0 Å². The number of aliphatic carboxylic acids is 1. The van der Waals surface area contributed by atoms with Crippen molar-refractivity contribution in [3.63, 3.8) is 0 Å². The fourth-order valence-electron chi connectivity index (χ4n) is 0.338. The minimum atomic E-state index is -1.55. The van der Waals surface area contributed by atoms with Crippen molar-refractivity contribution in [3.05, 3.63) is 0 Å². The van der Waals surface area contributed by atoms with Crippen LogP contribution < -0.4 is 34.7 Å². The van der Waals surface area contributed by atoms with Gasteiger partial charge in [-0.2, -0.15) is 0 Å². The van der Waals surface area contributed by atoms with Crippen LogP contribution in [0, 0.1) is 5.41 Å². The molecule has 11 heavy (non-hydrogen) atoms. The smallest absolute Gasteiger partial charge is 0.549 e. The van der Waals surface area contributed by atoms with E-state index in [0.717, 1.165) is 7.11 Å². The van der Waals surface area contributed by atoms with E-state index in [1.165, 1.54) is 13.8 Å². The van der Waals surface area contributed by atoms with Gasteiger partial charge in [-0.15, -0.1) is 0 Å². The zero-order valence-corrected chi connectivity index (χ0v) is 9.13. The largest absolute Gasteiger partial charge is 1.00 e. The first-order chi connectivity index (χ1) is 4.42.